The van der Waals surface area contributed by atoms with Crippen LogP contribution in [0.2, 0.25) is 0 Å². The van der Waals surface area contributed by atoms with Crippen molar-refractivity contribution in [1.82, 2.24) is 5.43 Å². The summed E-state index contributed by atoms with van der Waals surface area (Å²) in [6, 6.07) is 12.4. The van der Waals surface area contributed by atoms with Gasteiger partial charge in [0.15, 0.2) is 6.61 Å². The van der Waals surface area contributed by atoms with Gasteiger partial charge in [0, 0.05) is 18.7 Å². The maximum Gasteiger partial charge on any atom is 0.277 e. The molecule has 0 radical (unpaired) electrons. The van der Waals surface area contributed by atoms with Crippen LogP contribution in [0.5, 0.6) is 5.75 Å². The van der Waals surface area contributed by atoms with Gasteiger partial charge in [0.05, 0.1) is 6.21 Å². The van der Waals surface area contributed by atoms with Crippen molar-refractivity contribution < 1.29 is 18.7 Å². The number of carbonyl (C=O) groups excluding carboxylic acids is 2. The van der Waals surface area contributed by atoms with Crippen LogP contribution in [0, 0.1) is 5.82 Å². The van der Waals surface area contributed by atoms with E-state index in [9.17, 15) is 14.0 Å². The van der Waals surface area contributed by atoms with Crippen LogP contribution in [0.1, 0.15) is 12.5 Å². The predicted molar refractivity (Wildman–Crippen MR) is 88.4 cm³/mol. The van der Waals surface area contributed by atoms with E-state index in [2.05, 4.69) is 15.8 Å². The molecule has 0 aromatic heterocycles. The van der Waals surface area contributed by atoms with Gasteiger partial charge in [-0.1, -0.05) is 18.2 Å². The van der Waals surface area contributed by atoms with Gasteiger partial charge in [-0.2, -0.15) is 5.10 Å². The van der Waals surface area contributed by atoms with Gasteiger partial charge in [-0.05, 0) is 29.8 Å². The van der Waals surface area contributed by atoms with Gasteiger partial charge >= 0.3 is 0 Å². The Morgan fingerprint density at radius 2 is 1.96 bits per heavy atom. The minimum absolute atomic E-state index is 0.151. The average molecular weight is 329 g/mol. The average Bonchev–Trinajstić information content (AvgIpc) is 2.54. The number of amides is 2. The molecular formula is C17H16FN3O3. The predicted octanol–water partition coefficient (Wildman–Crippen LogP) is 2.31. The van der Waals surface area contributed by atoms with Crippen LogP contribution in [0.4, 0.5) is 10.1 Å². The second-order valence-corrected chi connectivity index (χ2v) is 4.84. The molecule has 0 aliphatic heterocycles. The molecule has 0 bridgehead atoms. The molecular weight excluding hydrogens is 313 g/mol. The molecule has 2 amide bonds. The number of carbonyl (C=O) groups is 2. The van der Waals surface area contributed by atoms with E-state index in [-0.39, 0.29) is 18.3 Å². The van der Waals surface area contributed by atoms with Gasteiger partial charge in [-0.15, -0.1) is 0 Å². The van der Waals surface area contributed by atoms with Crippen molar-refractivity contribution >= 4 is 23.7 Å². The molecule has 0 spiro atoms. The Morgan fingerprint density at radius 3 is 2.62 bits per heavy atom. The normalized spacial score (nSPS) is 10.4. The molecule has 0 aliphatic rings. The van der Waals surface area contributed by atoms with Gasteiger partial charge in [-0.3, -0.25) is 9.59 Å². The maximum absolute atomic E-state index is 13.0. The van der Waals surface area contributed by atoms with Crippen LogP contribution in [0.3, 0.4) is 0 Å². The number of hydrogen-bond donors (Lipinski definition) is 2. The quantitative estimate of drug-likeness (QED) is 0.630. The Balaban J connectivity index is 1.78. The van der Waals surface area contributed by atoms with E-state index < -0.39 is 11.7 Å². The topological polar surface area (TPSA) is 79.8 Å². The zero-order valence-corrected chi connectivity index (χ0v) is 13.0. The fraction of sp³-hybridized carbons (Fsp3) is 0.118. The van der Waals surface area contributed by atoms with Gasteiger partial charge in [0.1, 0.15) is 11.6 Å². The van der Waals surface area contributed by atoms with E-state index in [0.717, 1.165) is 5.56 Å². The lowest BCUT2D eigenvalue weighted by atomic mass is 10.2. The molecule has 24 heavy (non-hydrogen) atoms. The summed E-state index contributed by atoms with van der Waals surface area (Å²) in [7, 11) is 0. The summed E-state index contributed by atoms with van der Waals surface area (Å²) in [6.45, 7) is 1.15. The third kappa shape index (κ3) is 5.88. The Morgan fingerprint density at radius 1 is 1.21 bits per heavy atom. The van der Waals surface area contributed by atoms with Crippen molar-refractivity contribution in [3.8, 4) is 5.75 Å². The van der Waals surface area contributed by atoms with Crippen molar-refractivity contribution in [2.75, 3.05) is 11.9 Å². The molecule has 0 fully saturated rings. The van der Waals surface area contributed by atoms with E-state index in [4.69, 9.17) is 4.74 Å². The molecule has 0 saturated carbocycles. The first-order chi connectivity index (χ1) is 11.5. The highest BCUT2D eigenvalue weighted by Crippen LogP contribution is 2.11. The number of nitrogens with one attached hydrogen (secondary N) is 2. The smallest absolute Gasteiger partial charge is 0.277 e. The molecule has 0 saturated heterocycles. The molecule has 2 aromatic carbocycles. The van der Waals surface area contributed by atoms with E-state index >= 15 is 0 Å². The maximum atomic E-state index is 13.0. The standard InChI is InChI=1S/C17H16FN3O3/c1-12(22)20-15-7-5-13(6-8-15)10-19-21-17(23)11-24-16-4-2-3-14(18)9-16/h2-10H,11H2,1H3,(H,20,22)(H,21,23)/b19-10-. The highest BCUT2D eigenvalue weighted by atomic mass is 19.1. The van der Waals surface area contributed by atoms with Gasteiger partial charge in [-0.25, -0.2) is 9.82 Å². The van der Waals surface area contributed by atoms with Crippen LogP contribution in [-0.2, 0) is 9.59 Å². The van der Waals surface area contributed by atoms with Crippen LogP contribution >= 0.6 is 0 Å². The Kier molecular flexibility index (Phi) is 6.01. The van der Waals surface area contributed by atoms with E-state index in [1.165, 1.54) is 31.3 Å². The number of ether oxygens (including phenoxy) is 1. The lowest BCUT2D eigenvalue weighted by Crippen LogP contribution is -2.24. The first kappa shape index (κ1) is 17.1. The SMILES string of the molecule is CC(=O)Nc1ccc(/C=N\NC(=O)COc2cccc(F)c2)cc1. The zero-order chi connectivity index (χ0) is 17.4. The van der Waals surface area contributed by atoms with Gasteiger partial charge < -0.3 is 10.1 Å². The van der Waals surface area contributed by atoms with Crippen LogP contribution in [0.25, 0.3) is 0 Å². The number of rotatable bonds is 6. The lowest BCUT2D eigenvalue weighted by Gasteiger charge is -2.04. The summed E-state index contributed by atoms with van der Waals surface area (Å²) in [5.74, 6) is -0.788. The summed E-state index contributed by atoms with van der Waals surface area (Å²) < 4.78 is 18.1. The van der Waals surface area contributed by atoms with Crippen molar-refractivity contribution in [3.05, 3.63) is 59.9 Å². The number of benzene rings is 2. The summed E-state index contributed by atoms with van der Waals surface area (Å²) in [5, 5.41) is 6.44. The molecule has 0 aliphatic carbocycles. The van der Waals surface area contributed by atoms with Crippen molar-refractivity contribution in [2.24, 2.45) is 5.10 Å². The number of hydrogen-bond acceptors (Lipinski definition) is 4. The number of hydrazone groups is 1. The second-order valence-electron chi connectivity index (χ2n) is 4.84. The van der Waals surface area contributed by atoms with Gasteiger partial charge in [0.25, 0.3) is 5.91 Å². The van der Waals surface area contributed by atoms with Crippen molar-refractivity contribution in [2.45, 2.75) is 6.92 Å². The first-order valence-corrected chi connectivity index (χ1v) is 7.11. The largest absolute Gasteiger partial charge is 0.484 e. The molecule has 0 heterocycles. The molecule has 6 nitrogen and oxygen atoms in total. The Bertz CT molecular complexity index is 745. The lowest BCUT2D eigenvalue weighted by molar-refractivity contribution is -0.123. The summed E-state index contributed by atoms with van der Waals surface area (Å²) in [6.07, 6.45) is 1.46. The second kappa shape index (κ2) is 8.42. The Labute approximate surface area is 138 Å². The monoisotopic (exact) mass is 329 g/mol. The fourth-order valence-electron chi connectivity index (χ4n) is 1.77. The van der Waals surface area contributed by atoms with E-state index in [0.29, 0.717) is 5.69 Å². The fourth-order valence-corrected chi connectivity index (χ4v) is 1.77. The van der Waals surface area contributed by atoms with E-state index in [1.54, 1.807) is 30.3 Å². The Hall–Kier alpha value is -3.22. The molecule has 2 aromatic rings. The molecule has 7 heteroatoms. The number of halogens is 1. The summed E-state index contributed by atoms with van der Waals surface area (Å²) in [4.78, 5) is 22.5. The van der Waals surface area contributed by atoms with Crippen LogP contribution < -0.4 is 15.5 Å². The summed E-state index contributed by atoms with van der Waals surface area (Å²) in [5.41, 5.74) is 3.72. The van der Waals surface area contributed by atoms with Crippen LogP contribution in [-0.4, -0.2) is 24.6 Å². The molecule has 2 rings (SSSR count). The number of anilines is 1. The highest BCUT2D eigenvalue weighted by Gasteiger charge is 2.02. The molecule has 0 atom stereocenters. The molecule has 124 valence electrons. The summed E-state index contributed by atoms with van der Waals surface area (Å²) >= 11 is 0. The first-order valence-electron chi connectivity index (χ1n) is 7.11. The van der Waals surface area contributed by atoms with E-state index in [1.807, 2.05) is 0 Å². The van der Waals surface area contributed by atoms with Crippen molar-refractivity contribution in [3.63, 3.8) is 0 Å². The molecule has 2 N–H and O–H groups in total. The third-order valence-electron chi connectivity index (χ3n) is 2.80. The number of nitrogens with zero attached hydrogens (tertiary/aromatic N) is 1. The molecule has 0 unspecified atom stereocenters. The van der Waals surface area contributed by atoms with Gasteiger partial charge in [0.2, 0.25) is 5.91 Å². The zero-order valence-electron chi connectivity index (χ0n) is 13.0. The third-order valence-corrected chi connectivity index (χ3v) is 2.80. The minimum atomic E-state index is -0.467. The van der Waals surface area contributed by atoms with Crippen LogP contribution in [0.15, 0.2) is 53.6 Å². The highest BCUT2D eigenvalue weighted by molar-refractivity contribution is 5.89. The van der Waals surface area contributed by atoms with Crippen molar-refractivity contribution in [1.29, 1.82) is 0 Å². The minimum Gasteiger partial charge on any atom is -0.484 e.